The fourth-order valence-electron chi connectivity index (χ4n) is 4.02. The van der Waals surface area contributed by atoms with E-state index in [4.69, 9.17) is 9.47 Å². The molecule has 6 nitrogen and oxygen atoms in total. The first kappa shape index (κ1) is 25.5. The molecule has 0 saturated heterocycles. The third kappa shape index (κ3) is 6.68. The van der Waals surface area contributed by atoms with Crippen molar-refractivity contribution < 1.29 is 23.0 Å². The van der Waals surface area contributed by atoms with Crippen LogP contribution in [0.5, 0.6) is 5.75 Å². The topological polar surface area (TPSA) is 78.9 Å². The van der Waals surface area contributed by atoms with Crippen molar-refractivity contribution in [1.29, 1.82) is 0 Å². The summed E-state index contributed by atoms with van der Waals surface area (Å²) >= 11 is -2.45. The van der Waals surface area contributed by atoms with E-state index in [2.05, 4.69) is 0 Å². The van der Waals surface area contributed by atoms with Gasteiger partial charge in [-0.25, -0.2) is 0 Å². The zero-order chi connectivity index (χ0) is 24.5. The highest BCUT2D eigenvalue weighted by Crippen LogP contribution is 2.32. The number of hydrogen-bond acceptors (Lipinski definition) is 5. The molecule has 0 spiro atoms. The van der Waals surface area contributed by atoms with E-state index in [1.54, 1.807) is 19.2 Å². The van der Waals surface area contributed by atoms with Gasteiger partial charge in [0.2, 0.25) is 0 Å². The van der Waals surface area contributed by atoms with Gasteiger partial charge in [0.15, 0.2) is 0 Å². The Balaban J connectivity index is 1.90. The van der Waals surface area contributed by atoms with Crippen molar-refractivity contribution in [2.75, 3.05) is 25.1 Å². The zero-order valence-electron chi connectivity index (χ0n) is 19.7. The number of hydrogen-bond donors (Lipinski definition) is 0. The molecule has 0 heterocycles. The molecule has 0 aliphatic carbocycles. The average Bonchev–Trinajstić information content (AvgIpc) is 2.87. The highest BCUT2D eigenvalue weighted by molar-refractivity contribution is 7.80. The lowest BCUT2D eigenvalue weighted by Gasteiger charge is -2.31. The smallest absolute Gasteiger partial charge is 0.313 e. The number of rotatable bonds is 11. The predicted molar refractivity (Wildman–Crippen MR) is 134 cm³/mol. The maximum atomic E-state index is 12.6. The van der Waals surface area contributed by atoms with E-state index in [9.17, 15) is 13.6 Å². The lowest BCUT2D eigenvalue weighted by molar-refractivity contribution is -0.142. The van der Waals surface area contributed by atoms with Gasteiger partial charge in [-0.2, -0.15) is 0 Å². The molecule has 180 valence electrons. The van der Waals surface area contributed by atoms with Gasteiger partial charge in [-0.05, 0) is 55.2 Å². The highest BCUT2D eigenvalue weighted by atomic mass is 32.2. The van der Waals surface area contributed by atoms with Crippen LogP contribution in [0.15, 0.2) is 78.9 Å². The van der Waals surface area contributed by atoms with Crippen molar-refractivity contribution in [3.8, 4) is 5.75 Å². The molecule has 3 aromatic carbocycles. The highest BCUT2D eigenvalue weighted by Gasteiger charge is 2.25. The lowest BCUT2D eigenvalue weighted by atomic mass is 9.87. The van der Waals surface area contributed by atoms with Crippen LogP contribution in [-0.4, -0.2) is 35.5 Å². The van der Waals surface area contributed by atoms with E-state index in [-0.39, 0.29) is 18.4 Å². The van der Waals surface area contributed by atoms with Crippen LogP contribution in [0.3, 0.4) is 0 Å². The molecule has 0 bridgehead atoms. The van der Waals surface area contributed by atoms with E-state index in [0.717, 1.165) is 22.4 Å². The van der Waals surface area contributed by atoms with Crippen LogP contribution in [0, 0.1) is 6.92 Å². The first-order valence-corrected chi connectivity index (χ1v) is 12.2. The standard InChI is InChI=1S/C27H31NO5S/c1-20-9-14-24(15-10-20)28(34(30)31)19-23(21-11-16-25(32-2)17-12-21)13-18-26(27(29)33-3)22-7-5-4-6-8-22/h4-12,14-17,23,26H,13,18-19H2,1-3H3,(H,30,31)/p-1. The van der Waals surface area contributed by atoms with Gasteiger partial charge in [-0.3, -0.25) is 9.00 Å². The summed E-state index contributed by atoms with van der Waals surface area (Å²) in [5, 5.41) is 0. The maximum Gasteiger partial charge on any atom is 0.313 e. The monoisotopic (exact) mass is 480 g/mol. The number of nitrogens with zero attached hydrogens (tertiary/aromatic N) is 1. The Labute approximate surface area is 203 Å². The van der Waals surface area contributed by atoms with Crippen molar-refractivity contribution in [3.63, 3.8) is 0 Å². The zero-order valence-corrected chi connectivity index (χ0v) is 20.5. The molecule has 3 rings (SSSR count). The quantitative estimate of drug-likeness (QED) is 0.281. The van der Waals surface area contributed by atoms with Crippen LogP contribution in [-0.2, 0) is 20.8 Å². The summed E-state index contributed by atoms with van der Waals surface area (Å²) in [7, 11) is 2.99. The minimum atomic E-state index is -2.45. The van der Waals surface area contributed by atoms with Crippen molar-refractivity contribution in [2.45, 2.75) is 31.6 Å². The Morgan fingerprint density at radius 3 is 2.12 bits per heavy atom. The molecule has 7 heteroatoms. The Morgan fingerprint density at radius 2 is 1.56 bits per heavy atom. The number of methoxy groups -OCH3 is 2. The first-order chi connectivity index (χ1) is 16.4. The second-order valence-electron chi connectivity index (χ2n) is 8.15. The predicted octanol–water partition coefficient (Wildman–Crippen LogP) is 5.12. The van der Waals surface area contributed by atoms with Crippen molar-refractivity contribution in [3.05, 3.63) is 95.6 Å². The van der Waals surface area contributed by atoms with Gasteiger partial charge in [0.25, 0.3) is 0 Å². The maximum absolute atomic E-state index is 12.6. The van der Waals surface area contributed by atoms with Crippen molar-refractivity contribution >= 4 is 22.9 Å². The van der Waals surface area contributed by atoms with E-state index in [1.807, 2.05) is 73.7 Å². The van der Waals surface area contributed by atoms with E-state index < -0.39 is 17.2 Å². The fourth-order valence-corrected chi connectivity index (χ4v) is 4.61. The largest absolute Gasteiger partial charge is 0.755 e. The number of aryl methyl sites for hydroxylation is 1. The van der Waals surface area contributed by atoms with Gasteiger partial charge in [-0.15, -0.1) is 0 Å². The molecule has 0 aromatic heterocycles. The summed E-state index contributed by atoms with van der Waals surface area (Å²) in [6, 6.07) is 24.5. The van der Waals surface area contributed by atoms with Gasteiger partial charge in [0, 0.05) is 29.4 Å². The van der Waals surface area contributed by atoms with E-state index in [0.29, 0.717) is 18.5 Å². The summed E-state index contributed by atoms with van der Waals surface area (Å²) in [5.74, 6) is -0.164. The summed E-state index contributed by atoms with van der Waals surface area (Å²) in [6.45, 7) is 2.20. The van der Waals surface area contributed by atoms with Crippen LogP contribution in [0.4, 0.5) is 5.69 Å². The third-order valence-corrected chi connectivity index (χ3v) is 6.69. The Morgan fingerprint density at radius 1 is 0.912 bits per heavy atom. The molecule has 3 atom stereocenters. The summed E-state index contributed by atoms with van der Waals surface area (Å²) in [6.07, 6.45) is 1.10. The number of benzene rings is 3. The Bertz CT molecular complexity index is 1070. The number of carbonyl (C=O) groups excluding carboxylic acids is 1. The summed E-state index contributed by atoms with van der Waals surface area (Å²) in [4.78, 5) is 12.6. The molecule has 0 amide bonds. The minimum absolute atomic E-state index is 0.152. The van der Waals surface area contributed by atoms with E-state index >= 15 is 0 Å². The molecule has 0 fully saturated rings. The average molecular weight is 481 g/mol. The molecule has 34 heavy (non-hydrogen) atoms. The van der Waals surface area contributed by atoms with Crippen LogP contribution in [0.1, 0.15) is 41.4 Å². The summed E-state index contributed by atoms with van der Waals surface area (Å²) in [5.41, 5.74) is 3.51. The lowest BCUT2D eigenvalue weighted by Crippen LogP contribution is -2.31. The van der Waals surface area contributed by atoms with Gasteiger partial charge in [0.1, 0.15) is 5.75 Å². The van der Waals surface area contributed by atoms with Gasteiger partial charge < -0.3 is 18.3 Å². The Kier molecular flexibility index (Phi) is 9.24. The fraction of sp³-hybridized carbons (Fsp3) is 0.296. The van der Waals surface area contributed by atoms with Gasteiger partial charge in [-0.1, -0.05) is 60.2 Å². The first-order valence-electron chi connectivity index (χ1n) is 11.1. The van der Waals surface area contributed by atoms with Crippen LogP contribution < -0.4 is 9.04 Å². The number of carbonyl (C=O) groups is 1. The normalized spacial score (nSPS) is 13.5. The molecule has 0 aliphatic rings. The minimum Gasteiger partial charge on any atom is -0.755 e. The van der Waals surface area contributed by atoms with Gasteiger partial charge >= 0.3 is 5.97 Å². The molecule has 0 radical (unpaired) electrons. The van der Waals surface area contributed by atoms with Crippen LogP contribution in [0.25, 0.3) is 0 Å². The second kappa shape index (κ2) is 12.3. The Hall–Kier alpha value is -3.16. The molecule has 0 saturated carbocycles. The second-order valence-corrected chi connectivity index (χ2v) is 9.02. The molecular weight excluding hydrogens is 450 g/mol. The van der Waals surface area contributed by atoms with E-state index in [1.165, 1.54) is 11.4 Å². The molecule has 3 unspecified atom stereocenters. The summed E-state index contributed by atoms with van der Waals surface area (Å²) < 4.78 is 36.1. The number of anilines is 1. The molecule has 0 N–H and O–H groups in total. The molecule has 3 aromatic rings. The molecular formula is C27H30NO5S-. The number of ether oxygens (including phenoxy) is 2. The van der Waals surface area contributed by atoms with Gasteiger partial charge in [0.05, 0.1) is 20.1 Å². The van der Waals surface area contributed by atoms with Crippen LogP contribution >= 0.6 is 0 Å². The van der Waals surface area contributed by atoms with Crippen molar-refractivity contribution in [1.82, 2.24) is 0 Å². The third-order valence-electron chi connectivity index (χ3n) is 5.97. The van der Waals surface area contributed by atoms with Crippen LogP contribution in [0.2, 0.25) is 0 Å². The van der Waals surface area contributed by atoms with Crippen molar-refractivity contribution in [2.24, 2.45) is 0 Å². The number of esters is 1. The SMILES string of the molecule is COC(=O)C(CCC(CN(c1ccc(C)cc1)S(=O)[O-])c1ccc(OC)cc1)c1ccccc1. The molecule has 0 aliphatic heterocycles.